The van der Waals surface area contributed by atoms with Crippen LogP contribution in [0, 0.1) is 15.5 Å². The minimum Gasteiger partial charge on any atom is -0.267 e. The van der Waals surface area contributed by atoms with Crippen molar-refractivity contribution in [2.24, 2.45) is 10.5 Å². The zero-order valence-corrected chi connectivity index (χ0v) is 14.0. The second-order valence-electron chi connectivity index (χ2n) is 6.31. The summed E-state index contributed by atoms with van der Waals surface area (Å²) >= 11 is 0. The maximum absolute atomic E-state index is 11.9. The number of hydrogen-bond donors (Lipinski definition) is 1. The summed E-state index contributed by atoms with van der Waals surface area (Å²) in [5, 5.41) is 14.6. The molecule has 0 heterocycles. The van der Waals surface area contributed by atoms with Gasteiger partial charge in [0, 0.05) is 29.3 Å². The van der Waals surface area contributed by atoms with Crippen molar-refractivity contribution in [3.05, 3.63) is 51.6 Å². The van der Waals surface area contributed by atoms with Gasteiger partial charge in [-0.15, -0.1) is 0 Å². The van der Waals surface area contributed by atoms with Crippen LogP contribution in [0.2, 0.25) is 0 Å². The van der Waals surface area contributed by atoms with Gasteiger partial charge >= 0.3 is 0 Å². The fourth-order valence-corrected chi connectivity index (χ4v) is 1.86. The third-order valence-corrected chi connectivity index (χ3v) is 3.26. The number of nitro groups is 1. The first-order valence-electron chi connectivity index (χ1n) is 7.44. The zero-order chi connectivity index (χ0) is 17.5. The van der Waals surface area contributed by atoms with Crippen LogP contribution in [0.15, 0.2) is 41.0 Å². The molecular weight excluding hydrogens is 294 g/mol. The molecule has 0 radical (unpaired) electrons. The SMILES string of the molecule is CC(C)=CCCC(C)(C)/C=N/NC(=O)c1ccc([N+](=O)[O-])cc1. The van der Waals surface area contributed by atoms with Crippen LogP contribution in [0.4, 0.5) is 5.69 Å². The number of nitrogens with zero attached hydrogens (tertiary/aromatic N) is 2. The van der Waals surface area contributed by atoms with Crippen LogP contribution in [-0.4, -0.2) is 17.0 Å². The first-order chi connectivity index (χ1) is 10.7. The highest BCUT2D eigenvalue weighted by atomic mass is 16.6. The van der Waals surface area contributed by atoms with E-state index in [0.29, 0.717) is 5.56 Å². The quantitative estimate of drug-likeness (QED) is 0.356. The van der Waals surface area contributed by atoms with E-state index >= 15 is 0 Å². The second-order valence-corrected chi connectivity index (χ2v) is 6.31. The Labute approximate surface area is 136 Å². The topological polar surface area (TPSA) is 84.6 Å². The van der Waals surface area contributed by atoms with Crippen LogP contribution in [0.1, 0.15) is 50.9 Å². The van der Waals surface area contributed by atoms with Crippen LogP contribution < -0.4 is 5.43 Å². The van der Waals surface area contributed by atoms with E-state index in [0.717, 1.165) is 12.8 Å². The molecule has 0 bridgehead atoms. The predicted molar refractivity (Wildman–Crippen MR) is 91.5 cm³/mol. The Morgan fingerprint density at radius 1 is 1.30 bits per heavy atom. The van der Waals surface area contributed by atoms with Gasteiger partial charge in [0.05, 0.1) is 4.92 Å². The molecular formula is C17H23N3O3. The molecule has 0 aliphatic rings. The Balaban J connectivity index is 2.57. The number of rotatable bonds is 7. The molecule has 23 heavy (non-hydrogen) atoms. The van der Waals surface area contributed by atoms with Crippen molar-refractivity contribution in [1.82, 2.24) is 5.43 Å². The Bertz CT molecular complexity index is 612. The molecule has 6 nitrogen and oxygen atoms in total. The number of amides is 1. The van der Waals surface area contributed by atoms with Gasteiger partial charge in [-0.3, -0.25) is 14.9 Å². The van der Waals surface area contributed by atoms with Gasteiger partial charge in [-0.05, 0) is 38.8 Å². The van der Waals surface area contributed by atoms with Gasteiger partial charge in [0.1, 0.15) is 0 Å². The van der Waals surface area contributed by atoms with Crippen LogP contribution in [0.25, 0.3) is 0 Å². The lowest BCUT2D eigenvalue weighted by molar-refractivity contribution is -0.384. The monoisotopic (exact) mass is 317 g/mol. The number of nitrogens with one attached hydrogen (secondary N) is 1. The number of hydrazone groups is 1. The molecule has 0 aromatic heterocycles. The van der Waals surface area contributed by atoms with Crippen LogP contribution in [-0.2, 0) is 0 Å². The summed E-state index contributed by atoms with van der Waals surface area (Å²) in [6, 6.07) is 5.40. The normalized spacial score (nSPS) is 11.3. The van der Waals surface area contributed by atoms with E-state index in [1.54, 1.807) is 6.21 Å². The maximum atomic E-state index is 11.9. The summed E-state index contributed by atoms with van der Waals surface area (Å²) in [6.45, 7) is 8.22. The number of non-ortho nitro benzene ring substituents is 1. The summed E-state index contributed by atoms with van der Waals surface area (Å²) < 4.78 is 0. The van der Waals surface area contributed by atoms with Gasteiger partial charge < -0.3 is 0 Å². The van der Waals surface area contributed by atoms with Gasteiger partial charge in [0.15, 0.2) is 0 Å². The Morgan fingerprint density at radius 2 is 1.91 bits per heavy atom. The molecule has 1 N–H and O–H groups in total. The molecule has 0 spiro atoms. The summed E-state index contributed by atoms with van der Waals surface area (Å²) in [5.41, 5.74) is 3.88. The molecule has 124 valence electrons. The fraction of sp³-hybridized carbons (Fsp3) is 0.412. The number of carbonyl (C=O) groups excluding carboxylic acids is 1. The highest BCUT2D eigenvalue weighted by molar-refractivity contribution is 5.94. The third kappa shape index (κ3) is 6.86. The van der Waals surface area contributed by atoms with Crippen molar-refractivity contribution in [2.75, 3.05) is 0 Å². The molecule has 1 aromatic carbocycles. The van der Waals surface area contributed by atoms with Gasteiger partial charge in [-0.1, -0.05) is 25.5 Å². The lowest BCUT2D eigenvalue weighted by Crippen LogP contribution is -2.21. The molecule has 1 amide bonds. The molecule has 0 unspecified atom stereocenters. The van der Waals surface area contributed by atoms with Crippen LogP contribution in [0.3, 0.4) is 0 Å². The standard InChI is InChI=1S/C17H23N3O3/c1-13(2)6-5-11-17(3,4)12-18-19-16(21)14-7-9-15(10-8-14)20(22)23/h6-10,12H,5,11H2,1-4H3,(H,19,21)/b18-12+. The van der Waals surface area contributed by atoms with E-state index in [4.69, 9.17) is 0 Å². The maximum Gasteiger partial charge on any atom is 0.271 e. The van der Waals surface area contributed by atoms with Crippen LogP contribution >= 0.6 is 0 Å². The van der Waals surface area contributed by atoms with Crippen molar-refractivity contribution in [2.45, 2.75) is 40.5 Å². The minimum atomic E-state index is -0.505. The average molecular weight is 317 g/mol. The molecule has 1 aromatic rings. The summed E-state index contributed by atoms with van der Waals surface area (Å²) in [4.78, 5) is 22.0. The minimum absolute atomic E-state index is 0.0505. The van der Waals surface area contributed by atoms with Crippen LogP contribution in [0.5, 0.6) is 0 Å². The molecule has 0 saturated carbocycles. The number of hydrogen-bond acceptors (Lipinski definition) is 4. The van der Waals surface area contributed by atoms with Crippen molar-refractivity contribution in [3.8, 4) is 0 Å². The van der Waals surface area contributed by atoms with Gasteiger partial charge in [0.2, 0.25) is 0 Å². The summed E-state index contributed by atoms with van der Waals surface area (Å²) in [7, 11) is 0. The van der Waals surface area contributed by atoms with E-state index in [1.165, 1.54) is 29.8 Å². The molecule has 0 aliphatic carbocycles. The number of carbonyl (C=O) groups is 1. The van der Waals surface area contributed by atoms with Crippen molar-refractivity contribution >= 4 is 17.8 Å². The lowest BCUT2D eigenvalue weighted by atomic mass is 9.89. The van der Waals surface area contributed by atoms with Gasteiger partial charge in [0.25, 0.3) is 11.6 Å². The zero-order valence-electron chi connectivity index (χ0n) is 14.0. The molecule has 6 heteroatoms. The second kappa shape index (κ2) is 8.22. The largest absolute Gasteiger partial charge is 0.271 e. The Morgan fingerprint density at radius 3 is 2.43 bits per heavy atom. The summed E-state index contributed by atoms with van der Waals surface area (Å²) in [6.07, 6.45) is 5.77. The first-order valence-corrected chi connectivity index (χ1v) is 7.44. The number of allylic oxidation sites excluding steroid dienone is 2. The van der Waals surface area contributed by atoms with E-state index < -0.39 is 10.8 Å². The van der Waals surface area contributed by atoms with Gasteiger partial charge in [-0.2, -0.15) is 5.10 Å². The molecule has 0 fully saturated rings. The highest BCUT2D eigenvalue weighted by Gasteiger charge is 2.14. The van der Waals surface area contributed by atoms with E-state index in [9.17, 15) is 14.9 Å². The van der Waals surface area contributed by atoms with Crippen molar-refractivity contribution in [3.63, 3.8) is 0 Å². The van der Waals surface area contributed by atoms with E-state index in [1.807, 2.05) is 13.8 Å². The highest BCUT2D eigenvalue weighted by Crippen LogP contribution is 2.20. The Hall–Kier alpha value is -2.50. The fourth-order valence-electron chi connectivity index (χ4n) is 1.86. The third-order valence-electron chi connectivity index (χ3n) is 3.26. The molecule has 1 rings (SSSR count). The molecule has 0 aliphatic heterocycles. The predicted octanol–water partition coefficient (Wildman–Crippen LogP) is 4.08. The lowest BCUT2D eigenvalue weighted by Gasteiger charge is -2.17. The Kier molecular flexibility index (Phi) is 6.63. The first kappa shape index (κ1) is 18.5. The molecule has 0 atom stereocenters. The van der Waals surface area contributed by atoms with Crippen molar-refractivity contribution in [1.29, 1.82) is 0 Å². The number of nitro benzene ring substituents is 1. The molecule has 0 saturated heterocycles. The van der Waals surface area contributed by atoms with E-state index in [2.05, 4.69) is 30.5 Å². The smallest absolute Gasteiger partial charge is 0.267 e. The van der Waals surface area contributed by atoms with Crippen molar-refractivity contribution < 1.29 is 9.72 Å². The average Bonchev–Trinajstić information content (AvgIpc) is 2.46. The number of benzene rings is 1. The van der Waals surface area contributed by atoms with E-state index in [-0.39, 0.29) is 11.1 Å². The van der Waals surface area contributed by atoms with Gasteiger partial charge in [-0.25, -0.2) is 5.43 Å². The summed E-state index contributed by atoms with van der Waals surface area (Å²) in [5.74, 6) is -0.392.